The Morgan fingerprint density at radius 2 is 2.16 bits per heavy atom. The number of benzene rings is 1. The highest BCUT2D eigenvalue weighted by Gasteiger charge is 2.07. The summed E-state index contributed by atoms with van der Waals surface area (Å²) >= 11 is 1.59. The van der Waals surface area contributed by atoms with Crippen molar-refractivity contribution in [3.8, 4) is 0 Å². The van der Waals surface area contributed by atoms with E-state index in [-0.39, 0.29) is 0 Å². The van der Waals surface area contributed by atoms with Gasteiger partial charge in [-0.3, -0.25) is 0 Å². The monoisotopic (exact) mass is 277 g/mol. The van der Waals surface area contributed by atoms with Gasteiger partial charge >= 0.3 is 0 Å². The molecule has 1 heterocycles. The summed E-state index contributed by atoms with van der Waals surface area (Å²) in [6.07, 6.45) is 0. The van der Waals surface area contributed by atoms with Crippen molar-refractivity contribution in [1.29, 1.82) is 0 Å². The lowest BCUT2D eigenvalue weighted by atomic mass is 10.1. The highest BCUT2D eigenvalue weighted by atomic mass is 32.2. The van der Waals surface area contributed by atoms with E-state index in [9.17, 15) is 0 Å². The fourth-order valence-electron chi connectivity index (χ4n) is 1.66. The van der Waals surface area contributed by atoms with Gasteiger partial charge in [0.2, 0.25) is 5.16 Å². The van der Waals surface area contributed by atoms with Crippen LogP contribution in [0, 0.1) is 6.92 Å². The normalized spacial score (nSPS) is 11.2. The van der Waals surface area contributed by atoms with Crippen molar-refractivity contribution in [1.82, 2.24) is 25.5 Å². The van der Waals surface area contributed by atoms with Crippen LogP contribution in [-0.2, 0) is 13.6 Å². The summed E-state index contributed by atoms with van der Waals surface area (Å²) in [6, 6.07) is 6.99. The molecule has 1 aromatic heterocycles. The minimum atomic E-state index is 0.499. The Morgan fingerprint density at radius 3 is 2.74 bits per heavy atom. The van der Waals surface area contributed by atoms with Crippen LogP contribution in [0.3, 0.4) is 0 Å². The van der Waals surface area contributed by atoms with E-state index >= 15 is 0 Å². The molecular weight excluding hydrogens is 258 g/mol. The van der Waals surface area contributed by atoms with E-state index in [1.165, 1.54) is 16.0 Å². The third-order valence-corrected chi connectivity index (χ3v) is 3.94. The predicted octanol–water partition coefficient (Wildman–Crippen LogP) is 2.17. The molecule has 19 heavy (non-hydrogen) atoms. The molecule has 0 saturated heterocycles. The van der Waals surface area contributed by atoms with Crippen LogP contribution in [-0.4, -0.2) is 26.2 Å². The molecule has 0 radical (unpaired) electrons. The van der Waals surface area contributed by atoms with E-state index in [1.807, 2.05) is 7.05 Å². The molecule has 1 aromatic carbocycles. The maximum absolute atomic E-state index is 3.99. The van der Waals surface area contributed by atoms with Gasteiger partial charge in [-0.1, -0.05) is 26.0 Å². The average molecular weight is 277 g/mol. The summed E-state index contributed by atoms with van der Waals surface area (Å²) in [4.78, 5) is 1.19. The lowest BCUT2D eigenvalue weighted by molar-refractivity contribution is 0.588. The Labute approximate surface area is 117 Å². The van der Waals surface area contributed by atoms with Crippen molar-refractivity contribution in [2.24, 2.45) is 7.05 Å². The number of tetrazole rings is 1. The van der Waals surface area contributed by atoms with Gasteiger partial charge < -0.3 is 5.32 Å². The Hall–Kier alpha value is -1.40. The van der Waals surface area contributed by atoms with E-state index in [0.717, 1.165) is 11.7 Å². The number of aryl methyl sites for hydroxylation is 2. The van der Waals surface area contributed by atoms with Crippen LogP contribution in [0.15, 0.2) is 28.3 Å². The highest BCUT2D eigenvalue weighted by Crippen LogP contribution is 2.28. The molecule has 102 valence electrons. The molecule has 2 aromatic rings. The summed E-state index contributed by atoms with van der Waals surface area (Å²) < 4.78 is 1.68. The Bertz CT molecular complexity index is 550. The van der Waals surface area contributed by atoms with Crippen molar-refractivity contribution >= 4 is 11.8 Å². The van der Waals surface area contributed by atoms with E-state index in [4.69, 9.17) is 0 Å². The van der Waals surface area contributed by atoms with Crippen molar-refractivity contribution < 1.29 is 0 Å². The van der Waals surface area contributed by atoms with Gasteiger partial charge in [0.1, 0.15) is 0 Å². The van der Waals surface area contributed by atoms with Gasteiger partial charge in [0.15, 0.2) is 0 Å². The van der Waals surface area contributed by atoms with Crippen LogP contribution in [0.25, 0.3) is 0 Å². The van der Waals surface area contributed by atoms with Crippen molar-refractivity contribution in [3.63, 3.8) is 0 Å². The number of nitrogens with one attached hydrogen (secondary N) is 1. The highest BCUT2D eigenvalue weighted by molar-refractivity contribution is 7.99. The second kappa shape index (κ2) is 6.16. The molecule has 0 amide bonds. The molecule has 0 bridgehead atoms. The van der Waals surface area contributed by atoms with Crippen molar-refractivity contribution in [2.75, 3.05) is 0 Å². The summed E-state index contributed by atoms with van der Waals surface area (Å²) in [5, 5.41) is 15.7. The van der Waals surface area contributed by atoms with Crippen LogP contribution >= 0.6 is 11.8 Å². The van der Waals surface area contributed by atoms with Gasteiger partial charge in [-0.15, -0.1) is 5.10 Å². The van der Waals surface area contributed by atoms with E-state index in [1.54, 1.807) is 16.4 Å². The molecule has 0 aliphatic heterocycles. The molecule has 1 N–H and O–H groups in total. The average Bonchev–Trinajstić information content (AvgIpc) is 2.75. The quantitative estimate of drug-likeness (QED) is 0.907. The minimum absolute atomic E-state index is 0.499. The fourth-order valence-corrected chi connectivity index (χ4v) is 2.46. The Kier molecular flexibility index (Phi) is 4.55. The summed E-state index contributed by atoms with van der Waals surface area (Å²) in [5.41, 5.74) is 2.54. The molecule has 0 unspecified atom stereocenters. The fraction of sp³-hybridized carbons (Fsp3) is 0.462. The van der Waals surface area contributed by atoms with Crippen molar-refractivity contribution in [2.45, 2.75) is 43.4 Å². The first kappa shape index (κ1) is 14.0. The summed E-state index contributed by atoms with van der Waals surface area (Å²) in [5.74, 6) is 0. The zero-order chi connectivity index (χ0) is 13.8. The second-order valence-electron chi connectivity index (χ2n) is 4.82. The molecule has 0 saturated carbocycles. The van der Waals surface area contributed by atoms with Crippen molar-refractivity contribution in [3.05, 3.63) is 29.3 Å². The summed E-state index contributed by atoms with van der Waals surface area (Å²) in [6.45, 7) is 7.32. The molecule has 0 aliphatic carbocycles. The smallest absolute Gasteiger partial charge is 0.213 e. The number of nitrogens with zero attached hydrogens (tertiary/aromatic N) is 4. The maximum atomic E-state index is 3.99. The standard InChI is InChI=1S/C13H19N5S/c1-9(2)14-8-11-5-6-12(10(3)7-11)19-13-15-16-17-18(13)4/h5-7,9,14H,8H2,1-4H3. The SMILES string of the molecule is Cc1cc(CNC(C)C)ccc1Sc1nnnn1C. The Balaban J connectivity index is 2.09. The molecule has 0 aliphatic rings. The van der Waals surface area contributed by atoms with Crippen LogP contribution in [0.1, 0.15) is 25.0 Å². The van der Waals surface area contributed by atoms with Crippen LogP contribution in [0.2, 0.25) is 0 Å². The van der Waals surface area contributed by atoms with E-state index < -0.39 is 0 Å². The first-order valence-corrected chi connectivity index (χ1v) is 7.11. The molecule has 0 spiro atoms. The van der Waals surface area contributed by atoms with Gasteiger partial charge in [-0.05, 0) is 46.3 Å². The lowest BCUT2D eigenvalue weighted by Crippen LogP contribution is -2.21. The maximum Gasteiger partial charge on any atom is 0.213 e. The largest absolute Gasteiger partial charge is 0.310 e. The van der Waals surface area contributed by atoms with Gasteiger partial charge in [0.05, 0.1) is 0 Å². The number of aromatic nitrogens is 4. The third kappa shape index (κ3) is 3.78. The zero-order valence-electron chi connectivity index (χ0n) is 11.7. The van der Waals surface area contributed by atoms with Crippen LogP contribution in [0.5, 0.6) is 0 Å². The van der Waals surface area contributed by atoms with E-state index in [2.05, 4.69) is 59.8 Å². The third-order valence-electron chi connectivity index (χ3n) is 2.74. The van der Waals surface area contributed by atoms with Gasteiger partial charge in [-0.2, -0.15) is 0 Å². The predicted molar refractivity (Wildman–Crippen MR) is 76.1 cm³/mol. The molecule has 6 heteroatoms. The number of hydrogen-bond acceptors (Lipinski definition) is 5. The van der Waals surface area contributed by atoms with E-state index in [0.29, 0.717) is 6.04 Å². The van der Waals surface area contributed by atoms with Crippen LogP contribution < -0.4 is 5.32 Å². The number of hydrogen-bond donors (Lipinski definition) is 1. The molecule has 5 nitrogen and oxygen atoms in total. The van der Waals surface area contributed by atoms with Gasteiger partial charge in [-0.25, -0.2) is 4.68 Å². The number of rotatable bonds is 5. The first-order chi connectivity index (χ1) is 9.06. The molecule has 0 fully saturated rings. The van der Waals surface area contributed by atoms with Gasteiger partial charge in [0.25, 0.3) is 0 Å². The Morgan fingerprint density at radius 1 is 1.37 bits per heavy atom. The minimum Gasteiger partial charge on any atom is -0.310 e. The zero-order valence-corrected chi connectivity index (χ0v) is 12.5. The van der Waals surface area contributed by atoms with Crippen LogP contribution in [0.4, 0.5) is 0 Å². The molecular formula is C13H19N5S. The second-order valence-corrected chi connectivity index (χ2v) is 5.83. The first-order valence-electron chi connectivity index (χ1n) is 6.29. The summed E-state index contributed by atoms with van der Waals surface area (Å²) in [7, 11) is 1.85. The lowest BCUT2D eigenvalue weighted by Gasteiger charge is -2.10. The molecule has 2 rings (SSSR count). The topological polar surface area (TPSA) is 55.6 Å². The molecule has 0 atom stereocenters. The van der Waals surface area contributed by atoms with Gasteiger partial charge in [0, 0.05) is 24.5 Å².